The molecule has 0 aromatic carbocycles. The van der Waals surface area contributed by atoms with Crippen molar-refractivity contribution >= 4 is 24.5 Å². The minimum absolute atomic E-state index is 0.122. The fourth-order valence-corrected chi connectivity index (χ4v) is 1.06. The Hall–Kier alpha value is -0.710. The molecule has 0 fully saturated rings. The fourth-order valence-electron chi connectivity index (χ4n) is 0.892. The van der Waals surface area contributed by atoms with Crippen LogP contribution in [0, 0.1) is 11.8 Å². The summed E-state index contributed by atoms with van der Waals surface area (Å²) < 4.78 is 0. The molecule has 2 N–H and O–H groups in total. The van der Waals surface area contributed by atoms with Crippen LogP contribution in [0.3, 0.4) is 0 Å². The van der Waals surface area contributed by atoms with E-state index in [1.165, 1.54) is 0 Å². The van der Waals surface area contributed by atoms with Crippen molar-refractivity contribution in [1.29, 1.82) is 0 Å². The van der Waals surface area contributed by atoms with Gasteiger partial charge in [-0.2, -0.15) is 12.6 Å². The molecule has 2 unspecified atom stereocenters. The second kappa shape index (κ2) is 5.90. The third kappa shape index (κ3) is 4.00. The van der Waals surface area contributed by atoms with Gasteiger partial charge in [-0.05, 0) is 5.92 Å². The third-order valence-corrected chi connectivity index (χ3v) is 2.50. The first-order valence-corrected chi connectivity index (χ1v) is 5.17. The maximum Gasteiger partial charge on any atom is 0.326 e. The molecule has 4 nitrogen and oxygen atoms in total. The lowest BCUT2D eigenvalue weighted by Crippen LogP contribution is -2.46. The van der Waals surface area contributed by atoms with E-state index >= 15 is 0 Å². The van der Waals surface area contributed by atoms with Crippen LogP contribution in [0.4, 0.5) is 0 Å². The van der Waals surface area contributed by atoms with Crippen molar-refractivity contribution in [3.8, 4) is 0 Å². The van der Waals surface area contributed by atoms with Gasteiger partial charge in [-0.1, -0.05) is 20.8 Å². The first-order valence-electron chi connectivity index (χ1n) is 4.54. The molecule has 0 aliphatic heterocycles. The van der Waals surface area contributed by atoms with Crippen LogP contribution < -0.4 is 5.32 Å². The Kier molecular flexibility index (Phi) is 5.60. The molecule has 0 saturated carbocycles. The number of carboxylic acid groups (broad SMARTS) is 1. The normalized spacial score (nSPS) is 14.9. The van der Waals surface area contributed by atoms with E-state index in [1.54, 1.807) is 20.8 Å². The van der Waals surface area contributed by atoms with Crippen LogP contribution in [0.5, 0.6) is 0 Å². The molecule has 0 aromatic heterocycles. The average molecular weight is 219 g/mol. The van der Waals surface area contributed by atoms with E-state index in [-0.39, 0.29) is 17.7 Å². The molecular formula is C9H17NO3S. The van der Waals surface area contributed by atoms with Gasteiger partial charge in [0, 0.05) is 11.7 Å². The Balaban J connectivity index is 4.31. The van der Waals surface area contributed by atoms with Gasteiger partial charge in [-0.3, -0.25) is 4.79 Å². The first-order chi connectivity index (χ1) is 6.40. The zero-order valence-electron chi connectivity index (χ0n) is 8.65. The summed E-state index contributed by atoms with van der Waals surface area (Å²) in [6.45, 7) is 5.22. The Labute approximate surface area is 89.5 Å². The molecule has 0 saturated heterocycles. The van der Waals surface area contributed by atoms with Crippen LogP contribution in [-0.4, -0.2) is 28.8 Å². The maximum absolute atomic E-state index is 11.4. The molecule has 0 rings (SSSR count). The molecule has 2 atom stereocenters. The lowest BCUT2D eigenvalue weighted by Gasteiger charge is -2.19. The maximum atomic E-state index is 11.4. The number of carboxylic acids is 1. The predicted molar refractivity (Wildman–Crippen MR) is 57.4 cm³/mol. The van der Waals surface area contributed by atoms with Gasteiger partial charge < -0.3 is 10.4 Å². The van der Waals surface area contributed by atoms with E-state index in [4.69, 9.17) is 5.11 Å². The quantitative estimate of drug-likeness (QED) is 0.599. The van der Waals surface area contributed by atoms with E-state index < -0.39 is 12.0 Å². The molecular weight excluding hydrogens is 202 g/mol. The number of carbonyl (C=O) groups excluding carboxylic acids is 1. The van der Waals surface area contributed by atoms with Gasteiger partial charge in [0.25, 0.3) is 0 Å². The summed E-state index contributed by atoms with van der Waals surface area (Å²) in [5.41, 5.74) is 0. The predicted octanol–water partition coefficient (Wildman–Crippen LogP) is 0.778. The summed E-state index contributed by atoms with van der Waals surface area (Å²) in [7, 11) is 0. The number of nitrogens with one attached hydrogen (secondary N) is 1. The number of hydrogen-bond donors (Lipinski definition) is 3. The number of carbonyl (C=O) groups is 2. The molecule has 1 amide bonds. The number of aliphatic carboxylic acids is 1. The Bertz CT molecular complexity index is 218. The molecule has 0 bridgehead atoms. The molecule has 0 radical (unpaired) electrons. The van der Waals surface area contributed by atoms with Gasteiger partial charge in [0.1, 0.15) is 6.04 Å². The van der Waals surface area contributed by atoms with Crippen LogP contribution in [0.2, 0.25) is 0 Å². The van der Waals surface area contributed by atoms with Crippen LogP contribution in [0.15, 0.2) is 0 Å². The standard InChI is InChI=1S/C9H17NO3S/c1-5(2)7(9(12)13)10-8(11)6(3)4-14/h5-7,14H,4H2,1-3H3,(H,10,11)(H,12,13). The van der Waals surface area contributed by atoms with E-state index in [2.05, 4.69) is 17.9 Å². The fraction of sp³-hybridized carbons (Fsp3) is 0.778. The van der Waals surface area contributed by atoms with E-state index in [1.807, 2.05) is 0 Å². The van der Waals surface area contributed by atoms with Crippen molar-refractivity contribution in [3.05, 3.63) is 0 Å². The SMILES string of the molecule is CC(CS)C(=O)NC(C(=O)O)C(C)C. The second-order valence-electron chi connectivity index (χ2n) is 3.65. The molecule has 0 aromatic rings. The van der Waals surface area contributed by atoms with Crippen molar-refractivity contribution < 1.29 is 14.7 Å². The monoisotopic (exact) mass is 219 g/mol. The highest BCUT2D eigenvalue weighted by Gasteiger charge is 2.24. The minimum Gasteiger partial charge on any atom is -0.480 e. The number of amides is 1. The van der Waals surface area contributed by atoms with Crippen molar-refractivity contribution in [1.82, 2.24) is 5.32 Å². The first kappa shape index (κ1) is 13.3. The third-order valence-electron chi connectivity index (χ3n) is 1.95. The van der Waals surface area contributed by atoms with Gasteiger partial charge in [-0.25, -0.2) is 4.79 Å². The molecule has 82 valence electrons. The average Bonchev–Trinajstić information content (AvgIpc) is 2.11. The highest BCUT2D eigenvalue weighted by atomic mass is 32.1. The molecule has 14 heavy (non-hydrogen) atoms. The van der Waals surface area contributed by atoms with Crippen molar-refractivity contribution in [2.24, 2.45) is 11.8 Å². The van der Waals surface area contributed by atoms with Crippen molar-refractivity contribution in [3.63, 3.8) is 0 Å². The lowest BCUT2D eigenvalue weighted by atomic mass is 10.0. The van der Waals surface area contributed by atoms with E-state index in [0.717, 1.165) is 0 Å². The largest absolute Gasteiger partial charge is 0.480 e. The summed E-state index contributed by atoms with van der Waals surface area (Å²) in [6, 6.07) is -0.815. The van der Waals surface area contributed by atoms with Gasteiger partial charge in [0.05, 0.1) is 0 Å². The molecule has 0 aliphatic rings. The van der Waals surface area contributed by atoms with Gasteiger partial charge in [0.2, 0.25) is 5.91 Å². The minimum atomic E-state index is -1.00. The Morgan fingerprint density at radius 3 is 2.14 bits per heavy atom. The Morgan fingerprint density at radius 2 is 1.86 bits per heavy atom. The zero-order chi connectivity index (χ0) is 11.3. The summed E-state index contributed by atoms with van der Waals surface area (Å²) in [6.07, 6.45) is 0. The lowest BCUT2D eigenvalue weighted by molar-refractivity contribution is -0.143. The topological polar surface area (TPSA) is 66.4 Å². The van der Waals surface area contributed by atoms with Crippen LogP contribution >= 0.6 is 12.6 Å². The van der Waals surface area contributed by atoms with Crippen molar-refractivity contribution in [2.45, 2.75) is 26.8 Å². The van der Waals surface area contributed by atoms with Crippen LogP contribution in [0.25, 0.3) is 0 Å². The van der Waals surface area contributed by atoms with Gasteiger partial charge in [-0.15, -0.1) is 0 Å². The molecule has 0 heterocycles. The summed E-state index contributed by atoms with van der Waals surface area (Å²) >= 11 is 3.97. The van der Waals surface area contributed by atoms with Crippen LogP contribution in [-0.2, 0) is 9.59 Å². The Morgan fingerprint density at radius 1 is 1.36 bits per heavy atom. The van der Waals surface area contributed by atoms with Crippen molar-refractivity contribution in [2.75, 3.05) is 5.75 Å². The summed E-state index contributed by atoms with van der Waals surface area (Å²) in [5.74, 6) is -1.24. The summed E-state index contributed by atoms with van der Waals surface area (Å²) in [4.78, 5) is 22.1. The van der Waals surface area contributed by atoms with Gasteiger partial charge in [0.15, 0.2) is 0 Å². The van der Waals surface area contributed by atoms with Gasteiger partial charge >= 0.3 is 5.97 Å². The highest BCUT2D eigenvalue weighted by molar-refractivity contribution is 7.80. The highest BCUT2D eigenvalue weighted by Crippen LogP contribution is 2.04. The summed E-state index contributed by atoms with van der Waals surface area (Å²) in [5, 5.41) is 11.3. The van der Waals surface area contributed by atoms with E-state index in [9.17, 15) is 9.59 Å². The number of thiol groups is 1. The van der Waals surface area contributed by atoms with E-state index in [0.29, 0.717) is 5.75 Å². The molecule has 0 aliphatic carbocycles. The smallest absolute Gasteiger partial charge is 0.326 e. The second-order valence-corrected chi connectivity index (χ2v) is 4.02. The molecule has 0 spiro atoms. The van der Waals surface area contributed by atoms with Crippen LogP contribution in [0.1, 0.15) is 20.8 Å². The molecule has 5 heteroatoms. The number of hydrogen-bond acceptors (Lipinski definition) is 3. The number of rotatable bonds is 5. The zero-order valence-corrected chi connectivity index (χ0v) is 9.54.